The lowest BCUT2D eigenvalue weighted by molar-refractivity contribution is -0.161. The van der Waals surface area contributed by atoms with Crippen molar-refractivity contribution in [1.82, 2.24) is 0 Å². The van der Waals surface area contributed by atoms with E-state index >= 15 is 0 Å². The molecule has 17 nitrogen and oxygen atoms in total. The van der Waals surface area contributed by atoms with E-state index in [9.17, 15) is 43.2 Å². The number of unbranched alkanes of at least 4 members (excludes halogenated alkanes) is 32. The van der Waals surface area contributed by atoms with Crippen LogP contribution in [-0.4, -0.2) is 96.7 Å². The summed E-state index contributed by atoms with van der Waals surface area (Å²) in [7, 11) is -9.95. The Morgan fingerprint density at radius 1 is 0.290 bits per heavy atom. The molecular weight excluding hydrogens is 1310 g/mol. The molecule has 0 saturated heterocycles. The molecule has 100 heavy (non-hydrogen) atoms. The van der Waals surface area contributed by atoms with Gasteiger partial charge in [-0.25, -0.2) is 9.13 Å². The molecule has 0 aromatic heterocycles. The van der Waals surface area contributed by atoms with Crippen molar-refractivity contribution in [2.24, 2.45) is 0 Å². The van der Waals surface area contributed by atoms with Gasteiger partial charge in [0.2, 0.25) is 0 Å². The van der Waals surface area contributed by atoms with Crippen LogP contribution in [0.3, 0.4) is 0 Å². The van der Waals surface area contributed by atoms with Gasteiger partial charge in [0.15, 0.2) is 12.2 Å². The molecule has 0 saturated carbocycles. The number of allylic oxidation sites excluding steroid dienone is 16. The van der Waals surface area contributed by atoms with Gasteiger partial charge in [-0.1, -0.05) is 285 Å². The Morgan fingerprint density at radius 2 is 0.530 bits per heavy atom. The molecule has 5 unspecified atom stereocenters. The van der Waals surface area contributed by atoms with Gasteiger partial charge in [-0.05, 0) is 122 Å². The van der Waals surface area contributed by atoms with Crippen molar-refractivity contribution in [2.75, 3.05) is 39.6 Å². The Labute approximate surface area is 607 Å². The highest BCUT2D eigenvalue weighted by Crippen LogP contribution is 2.45. The number of carbonyl (C=O) groups is 4. The highest BCUT2D eigenvalue weighted by molar-refractivity contribution is 7.47. The summed E-state index contributed by atoms with van der Waals surface area (Å²) in [5.41, 5.74) is 0. The SMILES string of the molecule is CC/C=C\C/C=C\C/C=C\C/C=C\CCCCCCC(=O)OCC(COP(=O)(O)OCC(O)COP(=O)(O)OCC(COC(=O)CCCCCCCC/C=C\C/C=C\C/C=C\CCCCC)OC(=O)CCCCCCC/C=C\CCCC)OC(=O)CCCCCCCCCCCCCCC. The molecule has 0 aliphatic heterocycles. The highest BCUT2D eigenvalue weighted by Gasteiger charge is 2.30. The maximum atomic E-state index is 13.1. The molecule has 0 aliphatic carbocycles. The Bertz CT molecular complexity index is 2270. The van der Waals surface area contributed by atoms with E-state index < -0.39 is 97.5 Å². The first kappa shape index (κ1) is 96.0. The van der Waals surface area contributed by atoms with Crippen LogP contribution >= 0.6 is 15.6 Å². The minimum absolute atomic E-state index is 0.0817. The quantitative estimate of drug-likeness (QED) is 0.0169. The van der Waals surface area contributed by atoms with Gasteiger partial charge in [0, 0.05) is 25.7 Å². The van der Waals surface area contributed by atoms with Crippen LogP contribution in [-0.2, 0) is 65.4 Å². The third-order valence-corrected chi connectivity index (χ3v) is 18.4. The Hall–Kier alpha value is -4.02. The molecule has 0 fully saturated rings. The molecule has 0 radical (unpaired) electrons. The molecule has 0 amide bonds. The first-order valence-corrected chi connectivity index (χ1v) is 42.5. The number of aliphatic hydroxyl groups is 1. The summed E-state index contributed by atoms with van der Waals surface area (Å²) in [5, 5.41) is 10.6. The van der Waals surface area contributed by atoms with Crippen molar-refractivity contribution in [2.45, 2.75) is 354 Å². The highest BCUT2D eigenvalue weighted by atomic mass is 31.2. The first-order chi connectivity index (χ1) is 48.7. The van der Waals surface area contributed by atoms with Crippen LogP contribution in [0.1, 0.15) is 336 Å². The van der Waals surface area contributed by atoms with Crippen molar-refractivity contribution >= 4 is 39.5 Å². The average molecular weight is 1450 g/mol. The van der Waals surface area contributed by atoms with E-state index in [1.54, 1.807) is 0 Å². The number of hydrogen-bond acceptors (Lipinski definition) is 15. The predicted molar refractivity (Wildman–Crippen MR) is 409 cm³/mol. The lowest BCUT2D eigenvalue weighted by Crippen LogP contribution is -2.30. The van der Waals surface area contributed by atoms with Gasteiger partial charge in [0.25, 0.3) is 0 Å². The van der Waals surface area contributed by atoms with Crippen LogP contribution in [0.2, 0.25) is 0 Å². The molecule has 578 valence electrons. The standard InChI is InChI=1S/C81H142O17P2/c1-5-9-13-17-21-25-29-32-34-36-37-39-41-44-47-50-54-58-62-66-78(83)91-71-76(97-80(85)67-63-59-55-51-45-28-24-20-16-12-8-4)73-95-99(87,88)93-69-75(82)70-94-100(89,90)96-74-77(98-81(86)68-64-60-56-52-48-42-31-27-23-19-15-11-7-3)72-92-79(84)65-61-57-53-49-46-43-40-38-35-33-30-26-22-18-14-10-6-2/h10,14,20-22,24-26,32-35,37,39-40,43,75-77,82H,5-9,11-13,15-19,23,27-31,36,38,41-42,44-74H2,1-4H3,(H,87,88)(H,89,90)/b14-10-,24-20-,25-21-,26-22-,34-32-,35-33-,39-37-,43-40-. The Kier molecular flexibility index (Phi) is 70.4. The number of esters is 4. The number of phosphoric ester groups is 2. The number of phosphoric acid groups is 2. The average Bonchev–Trinajstić information content (AvgIpc) is 0.939. The summed E-state index contributed by atoms with van der Waals surface area (Å²) in [4.78, 5) is 72.9. The van der Waals surface area contributed by atoms with E-state index in [1.807, 2.05) is 0 Å². The second-order valence-electron chi connectivity index (χ2n) is 26.3. The zero-order chi connectivity index (χ0) is 73.2. The molecule has 19 heteroatoms. The second-order valence-corrected chi connectivity index (χ2v) is 29.2. The zero-order valence-corrected chi connectivity index (χ0v) is 64.9. The molecular formula is C81H142O17P2. The van der Waals surface area contributed by atoms with Gasteiger partial charge in [-0.3, -0.25) is 37.3 Å². The Balaban J connectivity index is 5.31. The second kappa shape index (κ2) is 73.3. The molecule has 0 rings (SSSR count). The predicted octanol–water partition coefficient (Wildman–Crippen LogP) is 22.8. The molecule has 0 aromatic rings. The van der Waals surface area contributed by atoms with E-state index in [1.165, 1.54) is 83.5 Å². The first-order valence-electron chi connectivity index (χ1n) is 39.5. The van der Waals surface area contributed by atoms with E-state index in [-0.39, 0.29) is 25.7 Å². The number of aliphatic hydroxyl groups excluding tert-OH is 1. The largest absolute Gasteiger partial charge is 0.472 e. The topological polar surface area (TPSA) is 237 Å². The maximum absolute atomic E-state index is 13.1. The lowest BCUT2D eigenvalue weighted by atomic mass is 10.0. The van der Waals surface area contributed by atoms with Crippen molar-refractivity contribution < 1.29 is 80.2 Å². The fourth-order valence-corrected chi connectivity index (χ4v) is 12.1. The van der Waals surface area contributed by atoms with Gasteiger partial charge in [0.1, 0.15) is 19.3 Å². The van der Waals surface area contributed by atoms with E-state index in [0.29, 0.717) is 25.7 Å². The van der Waals surface area contributed by atoms with Gasteiger partial charge >= 0.3 is 39.5 Å². The smallest absolute Gasteiger partial charge is 0.462 e. The summed E-state index contributed by atoms with van der Waals surface area (Å²) in [6.45, 7) is 4.68. The number of carbonyl (C=O) groups excluding carboxylic acids is 4. The van der Waals surface area contributed by atoms with E-state index in [4.69, 9.17) is 37.0 Å². The minimum Gasteiger partial charge on any atom is -0.462 e. The van der Waals surface area contributed by atoms with Gasteiger partial charge in [0.05, 0.1) is 26.4 Å². The summed E-state index contributed by atoms with van der Waals surface area (Å²) >= 11 is 0. The van der Waals surface area contributed by atoms with Gasteiger partial charge in [-0.15, -0.1) is 0 Å². The molecule has 0 heterocycles. The normalized spacial score (nSPS) is 14.4. The maximum Gasteiger partial charge on any atom is 0.472 e. The summed E-state index contributed by atoms with van der Waals surface area (Å²) in [5.74, 6) is -2.21. The van der Waals surface area contributed by atoms with Crippen LogP contribution in [0.4, 0.5) is 0 Å². The monoisotopic (exact) mass is 1450 g/mol. The van der Waals surface area contributed by atoms with Crippen LogP contribution in [0.5, 0.6) is 0 Å². The molecule has 3 N–H and O–H groups in total. The van der Waals surface area contributed by atoms with Gasteiger partial charge in [-0.2, -0.15) is 0 Å². The van der Waals surface area contributed by atoms with Crippen molar-refractivity contribution in [3.8, 4) is 0 Å². The van der Waals surface area contributed by atoms with Crippen molar-refractivity contribution in [3.05, 3.63) is 97.2 Å². The van der Waals surface area contributed by atoms with E-state index in [0.717, 1.165) is 173 Å². The minimum atomic E-state index is -4.98. The number of hydrogen-bond donors (Lipinski definition) is 3. The van der Waals surface area contributed by atoms with E-state index in [2.05, 4.69) is 125 Å². The van der Waals surface area contributed by atoms with Crippen molar-refractivity contribution in [1.29, 1.82) is 0 Å². The fraction of sp³-hybridized carbons (Fsp3) is 0.753. The summed E-state index contributed by atoms with van der Waals surface area (Å²) in [6.07, 6.45) is 76.8. The Morgan fingerprint density at radius 3 is 0.860 bits per heavy atom. The fourth-order valence-electron chi connectivity index (χ4n) is 10.5. The molecule has 0 bridgehead atoms. The molecule has 0 aliphatic rings. The third-order valence-electron chi connectivity index (χ3n) is 16.5. The van der Waals surface area contributed by atoms with Gasteiger partial charge < -0.3 is 33.8 Å². The van der Waals surface area contributed by atoms with Crippen LogP contribution in [0.15, 0.2) is 97.2 Å². The van der Waals surface area contributed by atoms with Crippen LogP contribution in [0.25, 0.3) is 0 Å². The lowest BCUT2D eigenvalue weighted by Gasteiger charge is -2.21. The molecule has 5 atom stereocenters. The number of ether oxygens (including phenoxy) is 4. The zero-order valence-electron chi connectivity index (χ0n) is 63.1. The summed E-state index contributed by atoms with van der Waals surface area (Å²) in [6, 6.07) is 0. The molecule has 0 aromatic carbocycles. The van der Waals surface area contributed by atoms with Crippen molar-refractivity contribution in [3.63, 3.8) is 0 Å². The summed E-state index contributed by atoms with van der Waals surface area (Å²) < 4.78 is 68.5. The van der Waals surface area contributed by atoms with Crippen LogP contribution < -0.4 is 0 Å². The third kappa shape index (κ3) is 72.3. The number of rotatable bonds is 74. The molecule has 0 spiro atoms. The van der Waals surface area contributed by atoms with Crippen LogP contribution in [0, 0.1) is 0 Å².